The number of benzene rings is 1. The highest BCUT2D eigenvalue weighted by Gasteiger charge is 2.42. The lowest BCUT2D eigenvalue weighted by molar-refractivity contribution is 0.120. The highest BCUT2D eigenvalue weighted by Crippen LogP contribution is 2.42. The lowest BCUT2D eigenvalue weighted by Crippen LogP contribution is -2.49. The van der Waals surface area contributed by atoms with Crippen LogP contribution in [-0.2, 0) is 0 Å². The van der Waals surface area contributed by atoms with Crippen LogP contribution in [0.2, 0.25) is 0 Å². The average molecular weight is 509 g/mol. The maximum Gasteiger partial charge on any atom is 0.163 e. The quantitative estimate of drug-likeness (QED) is 0.371. The van der Waals surface area contributed by atoms with Crippen LogP contribution in [0.25, 0.3) is 38.9 Å². The number of pyridine rings is 1. The van der Waals surface area contributed by atoms with Crippen molar-refractivity contribution in [3.63, 3.8) is 0 Å². The second kappa shape index (κ2) is 8.68. The zero-order valence-electron chi connectivity index (χ0n) is 21.0. The van der Waals surface area contributed by atoms with Crippen molar-refractivity contribution in [3.05, 3.63) is 66.6 Å². The minimum atomic E-state index is -0.324. The normalized spacial score (nSPS) is 25.6. The van der Waals surface area contributed by atoms with Crippen LogP contribution in [0.5, 0.6) is 0 Å². The van der Waals surface area contributed by atoms with Crippen molar-refractivity contribution in [1.29, 1.82) is 0 Å². The van der Waals surface area contributed by atoms with Crippen molar-refractivity contribution in [3.8, 4) is 22.4 Å². The zero-order chi connectivity index (χ0) is 25.2. The molecule has 192 valence electrons. The molecule has 9 heteroatoms. The minimum absolute atomic E-state index is 0.324. The summed E-state index contributed by atoms with van der Waals surface area (Å²) in [5.41, 5.74) is 5.90. The van der Waals surface area contributed by atoms with Crippen LogP contribution in [-0.4, -0.2) is 65.9 Å². The summed E-state index contributed by atoms with van der Waals surface area (Å²) in [6.45, 7) is 2.36. The van der Waals surface area contributed by atoms with Gasteiger partial charge in [0.05, 0.1) is 11.8 Å². The second-order valence-electron chi connectivity index (χ2n) is 11.0. The molecule has 0 unspecified atom stereocenters. The van der Waals surface area contributed by atoms with Gasteiger partial charge in [-0.25, -0.2) is 13.9 Å². The molecule has 3 fully saturated rings. The predicted molar refractivity (Wildman–Crippen MR) is 143 cm³/mol. The molecule has 2 saturated heterocycles. The summed E-state index contributed by atoms with van der Waals surface area (Å²) in [5.74, 6) is 0.102. The lowest BCUT2D eigenvalue weighted by atomic mass is 9.83. The van der Waals surface area contributed by atoms with Gasteiger partial charge in [-0.15, -0.1) is 0 Å². The third-order valence-electron chi connectivity index (χ3n) is 9.02. The number of aromatic nitrogens is 6. The number of likely N-dealkylation sites (tertiary alicyclic amines) is 1. The molecule has 1 saturated carbocycles. The molecular formula is C29H29FN8. The molecule has 5 aromatic rings. The van der Waals surface area contributed by atoms with Gasteiger partial charge in [0.1, 0.15) is 17.0 Å². The van der Waals surface area contributed by atoms with E-state index >= 15 is 0 Å². The maximum atomic E-state index is 14.6. The van der Waals surface area contributed by atoms with Gasteiger partial charge in [0.25, 0.3) is 0 Å². The molecule has 1 aliphatic carbocycles. The summed E-state index contributed by atoms with van der Waals surface area (Å²) >= 11 is 0. The Balaban J connectivity index is 1.21. The first-order chi connectivity index (χ1) is 18.7. The number of nitrogens with zero attached hydrogens (tertiary/aromatic N) is 6. The largest absolute Gasteiger partial charge is 0.311 e. The Morgan fingerprint density at radius 3 is 2.61 bits per heavy atom. The summed E-state index contributed by atoms with van der Waals surface area (Å²) in [4.78, 5) is 11.8. The predicted octanol–water partition coefficient (Wildman–Crippen LogP) is 4.55. The van der Waals surface area contributed by atoms with Gasteiger partial charge in [-0.05, 0) is 61.9 Å². The SMILES string of the molecule is Fc1ccc(-c2c(-c3ccncc3)nn3c2nccc3[C@H]2CC[C@@H](N3C[C@@H]4C[C@H]3CN4)CC2)c2cn[nH]c12. The average Bonchev–Trinajstić information content (AvgIpc) is 3.77. The fourth-order valence-electron chi connectivity index (χ4n) is 7.20. The van der Waals surface area contributed by atoms with Crippen molar-refractivity contribution in [2.75, 3.05) is 13.1 Å². The first-order valence-corrected chi connectivity index (χ1v) is 13.6. The number of piperazine rings is 1. The number of halogens is 1. The summed E-state index contributed by atoms with van der Waals surface area (Å²) in [5, 5.41) is 16.5. The van der Waals surface area contributed by atoms with Crippen molar-refractivity contribution < 1.29 is 4.39 Å². The van der Waals surface area contributed by atoms with Gasteiger partial charge >= 0.3 is 0 Å². The number of hydrogen-bond donors (Lipinski definition) is 2. The molecule has 0 radical (unpaired) electrons. The summed E-state index contributed by atoms with van der Waals surface area (Å²) < 4.78 is 16.6. The molecule has 2 N–H and O–H groups in total. The summed E-state index contributed by atoms with van der Waals surface area (Å²) in [7, 11) is 0. The number of aromatic amines is 1. The van der Waals surface area contributed by atoms with E-state index in [1.165, 1.54) is 37.6 Å². The molecule has 0 amide bonds. The van der Waals surface area contributed by atoms with Gasteiger partial charge in [0.15, 0.2) is 5.65 Å². The molecule has 8 nitrogen and oxygen atoms in total. The molecule has 2 bridgehead atoms. The van der Waals surface area contributed by atoms with E-state index in [9.17, 15) is 4.39 Å². The van der Waals surface area contributed by atoms with E-state index in [4.69, 9.17) is 10.1 Å². The highest BCUT2D eigenvalue weighted by atomic mass is 19.1. The molecule has 38 heavy (non-hydrogen) atoms. The van der Waals surface area contributed by atoms with Gasteiger partial charge in [-0.1, -0.05) is 6.07 Å². The van der Waals surface area contributed by atoms with Crippen molar-refractivity contribution in [1.82, 2.24) is 40.0 Å². The van der Waals surface area contributed by atoms with E-state index in [2.05, 4.69) is 31.5 Å². The first-order valence-electron chi connectivity index (χ1n) is 13.6. The summed E-state index contributed by atoms with van der Waals surface area (Å²) in [6.07, 6.45) is 13.2. The Kier molecular flexibility index (Phi) is 5.09. The van der Waals surface area contributed by atoms with Crippen molar-refractivity contribution in [2.45, 2.75) is 56.1 Å². The monoisotopic (exact) mass is 508 g/mol. The number of fused-ring (bicyclic) bond motifs is 4. The Morgan fingerprint density at radius 1 is 0.947 bits per heavy atom. The molecule has 3 aliphatic rings. The fourth-order valence-corrected chi connectivity index (χ4v) is 7.20. The Hall–Kier alpha value is -3.69. The fraction of sp³-hybridized carbons (Fsp3) is 0.379. The van der Waals surface area contributed by atoms with Crippen LogP contribution in [0.1, 0.15) is 43.7 Å². The van der Waals surface area contributed by atoms with Crippen LogP contribution < -0.4 is 5.32 Å². The molecule has 1 aromatic carbocycles. The van der Waals surface area contributed by atoms with Crippen molar-refractivity contribution in [2.24, 2.45) is 0 Å². The van der Waals surface area contributed by atoms with Crippen LogP contribution in [0.4, 0.5) is 4.39 Å². The number of hydrogen-bond acceptors (Lipinski definition) is 6. The van der Waals surface area contributed by atoms with Crippen LogP contribution in [0, 0.1) is 5.82 Å². The van der Waals surface area contributed by atoms with E-state index < -0.39 is 0 Å². The zero-order valence-corrected chi connectivity index (χ0v) is 21.0. The molecule has 8 rings (SSSR count). The third-order valence-corrected chi connectivity index (χ3v) is 9.02. The van der Waals surface area contributed by atoms with E-state index in [1.54, 1.807) is 18.6 Å². The maximum absolute atomic E-state index is 14.6. The van der Waals surface area contributed by atoms with Crippen LogP contribution in [0.15, 0.2) is 55.1 Å². The van der Waals surface area contributed by atoms with Crippen LogP contribution >= 0.6 is 0 Å². The summed E-state index contributed by atoms with van der Waals surface area (Å²) in [6, 6.07) is 11.5. The van der Waals surface area contributed by atoms with E-state index in [0.717, 1.165) is 58.8 Å². The highest BCUT2D eigenvalue weighted by molar-refractivity contribution is 6.02. The minimum Gasteiger partial charge on any atom is -0.311 e. The standard InChI is InChI=1S/C29H29FN8/c30-24-6-5-22(23-15-34-35-28(23)24)26-27(18-7-10-31-11-8-18)36-38-25(9-12-32-29(26)38)17-1-3-20(4-2-17)37-16-19-13-21(37)14-33-19/h5-12,15,17,19-21,33H,1-4,13-14,16H2,(H,34,35)/t17-,19-,20+,21-/m0/s1. The Labute approximate surface area is 219 Å². The molecule has 2 atom stereocenters. The molecule has 2 aliphatic heterocycles. The molecular weight excluding hydrogens is 479 g/mol. The second-order valence-corrected chi connectivity index (χ2v) is 11.0. The molecule has 4 aromatic heterocycles. The van der Waals surface area contributed by atoms with Gasteiger partial charge in [0.2, 0.25) is 0 Å². The van der Waals surface area contributed by atoms with E-state index in [-0.39, 0.29) is 5.82 Å². The Bertz CT molecular complexity index is 1630. The Morgan fingerprint density at radius 2 is 1.82 bits per heavy atom. The van der Waals surface area contributed by atoms with E-state index in [1.807, 2.05) is 28.9 Å². The lowest BCUT2D eigenvalue weighted by Gasteiger charge is -2.39. The van der Waals surface area contributed by atoms with Crippen molar-refractivity contribution >= 4 is 16.6 Å². The smallest absolute Gasteiger partial charge is 0.163 e. The van der Waals surface area contributed by atoms with Gasteiger partial charge in [0, 0.05) is 72.4 Å². The third kappa shape index (κ3) is 3.41. The number of nitrogens with one attached hydrogen (secondary N) is 2. The first kappa shape index (κ1) is 22.3. The van der Waals surface area contributed by atoms with E-state index in [0.29, 0.717) is 23.5 Å². The topological polar surface area (TPSA) is 87.0 Å². The van der Waals surface area contributed by atoms with Gasteiger partial charge in [-0.3, -0.25) is 15.0 Å². The van der Waals surface area contributed by atoms with Crippen LogP contribution in [0.3, 0.4) is 0 Å². The van der Waals surface area contributed by atoms with Gasteiger partial charge in [-0.2, -0.15) is 10.2 Å². The number of H-pyrrole nitrogens is 1. The molecule has 0 spiro atoms. The van der Waals surface area contributed by atoms with Gasteiger partial charge < -0.3 is 5.32 Å². The molecule has 6 heterocycles. The number of rotatable bonds is 4.